The Hall–Kier alpha value is -0.860. The molecule has 0 aromatic heterocycles. The van der Waals surface area contributed by atoms with Crippen LogP contribution in [0.15, 0.2) is 30.3 Å². The van der Waals surface area contributed by atoms with E-state index >= 15 is 0 Å². The lowest BCUT2D eigenvalue weighted by Gasteiger charge is -2.26. The van der Waals surface area contributed by atoms with Gasteiger partial charge in [-0.2, -0.15) is 0 Å². The van der Waals surface area contributed by atoms with Crippen LogP contribution in [0.25, 0.3) is 0 Å². The second-order valence-electron chi connectivity index (χ2n) is 4.67. The maximum absolute atomic E-state index is 10.1. The van der Waals surface area contributed by atoms with Crippen LogP contribution >= 0.6 is 0 Å². The van der Waals surface area contributed by atoms with Gasteiger partial charge in [0, 0.05) is 12.6 Å². The molecular weight excluding hydrogens is 186 g/mol. The molecule has 0 saturated heterocycles. The number of hydrogen-bond acceptors (Lipinski definition) is 2. The molecule has 82 valence electrons. The molecule has 2 N–H and O–H groups in total. The maximum atomic E-state index is 10.1. The van der Waals surface area contributed by atoms with Crippen molar-refractivity contribution in [3.05, 3.63) is 35.9 Å². The normalized spacial score (nSPS) is 30.7. The van der Waals surface area contributed by atoms with Crippen LogP contribution in [0.5, 0.6) is 0 Å². The summed E-state index contributed by atoms with van der Waals surface area (Å²) in [5.74, 6) is 0. The van der Waals surface area contributed by atoms with Crippen LogP contribution < -0.4 is 5.32 Å². The van der Waals surface area contributed by atoms with Crippen LogP contribution in [0.4, 0.5) is 0 Å². The standard InChI is InChI=1S/C13H19NO/c1-13(15)9-5-8-12(13)14-10-11-6-3-2-4-7-11/h2-4,6-7,12,14-15H,5,8-10H2,1H3/t12-,13-/m0/s1. The van der Waals surface area contributed by atoms with E-state index in [1.807, 2.05) is 25.1 Å². The summed E-state index contributed by atoms with van der Waals surface area (Å²) < 4.78 is 0. The Labute approximate surface area is 91.3 Å². The molecule has 1 aromatic carbocycles. The highest BCUT2D eigenvalue weighted by molar-refractivity contribution is 5.14. The highest BCUT2D eigenvalue weighted by Gasteiger charge is 2.35. The third-order valence-electron chi connectivity index (χ3n) is 3.32. The molecule has 0 spiro atoms. The van der Waals surface area contributed by atoms with Crippen molar-refractivity contribution in [2.75, 3.05) is 0 Å². The fourth-order valence-corrected chi connectivity index (χ4v) is 2.31. The minimum Gasteiger partial charge on any atom is -0.389 e. The first-order chi connectivity index (χ1) is 7.18. The number of rotatable bonds is 3. The summed E-state index contributed by atoms with van der Waals surface area (Å²) >= 11 is 0. The monoisotopic (exact) mass is 205 g/mol. The molecule has 2 atom stereocenters. The van der Waals surface area contributed by atoms with E-state index in [1.54, 1.807) is 0 Å². The molecule has 1 aliphatic carbocycles. The fourth-order valence-electron chi connectivity index (χ4n) is 2.31. The molecule has 0 radical (unpaired) electrons. The van der Waals surface area contributed by atoms with Crippen molar-refractivity contribution in [2.45, 2.75) is 44.4 Å². The van der Waals surface area contributed by atoms with Gasteiger partial charge in [-0.05, 0) is 31.7 Å². The first-order valence-corrected chi connectivity index (χ1v) is 5.68. The van der Waals surface area contributed by atoms with Gasteiger partial charge in [0.1, 0.15) is 0 Å². The van der Waals surface area contributed by atoms with Crippen LogP contribution in [-0.4, -0.2) is 16.7 Å². The third kappa shape index (κ3) is 2.58. The second kappa shape index (κ2) is 4.33. The molecule has 1 saturated carbocycles. The Morgan fingerprint density at radius 3 is 2.73 bits per heavy atom. The lowest BCUT2D eigenvalue weighted by molar-refractivity contribution is 0.0387. The van der Waals surface area contributed by atoms with Gasteiger partial charge in [-0.15, -0.1) is 0 Å². The zero-order chi connectivity index (χ0) is 10.7. The van der Waals surface area contributed by atoms with Gasteiger partial charge in [0.15, 0.2) is 0 Å². The number of hydrogen-bond donors (Lipinski definition) is 2. The van der Waals surface area contributed by atoms with Crippen molar-refractivity contribution in [3.63, 3.8) is 0 Å². The molecule has 2 rings (SSSR count). The zero-order valence-corrected chi connectivity index (χ0v) is 9.24. The molecule has 0 aliphatic heterocycles. The van der Waals surface area contributed by atoms with E-state index in [0.29, 0.717) is 0 Å². The highest BCUT2D eigenvalue weighted by atomic mass is 16.3. The molecule has 1 aromatic rings. The molecule has 0 heterocycles. The van der Waals surface area contributed by atoms with E-state index in [9.17, 15) is 5.11 Å². The van der Waals surface area contributed by atoms with Gasteiger partial charge in [0.2, 0.25) is 0 Å². The number of aliphatic hydroxyl groups is 1. The SMILES string of the molecule is C[C@]1(O)CCC[C@@H]1NCc1ccccc1. The van der Waals surface area contributed by atoms with Crippen LogP contribution in [0.2, 0.25) is 0 Å². The second-order valence-corrected chi connectivity index (χ2v) is 4.67. The summed E-state index contributed by atoms with van der Waals surface area (Å²) in [5.41, 5.74) is 0.759. The van der Waals surface area contributed by atoms with E-state index in [4.69, 9.17) is 0 Å². The summed E-state index contributed by atoms with van der Waals surface area (Å²) in [5, 5.41) is 13.5. The predicted molar refractivity (Wildman–Crippen MR) is 61.5 cm³/mol. The van der Waals surface area contributed by atoms with Gasteiger partial charge in [0.25, 0.3) is 0 Å². The van der Waals surface area contributed by atoms with E-state index in [2.05, 4.69) is 17.4 Å². The topological polar surface area (TPSA) is 32.3 Å². The smallest absolute Gasteiger partial charge is 0.0772 e. The van der Waals surface area contributed by atoms with E-state index in [-0.39, 0.29) is 6.04 Å². The van der Waals surface area contributed by atoms with Gasteiger partial charge in [0.05, 0.1) is 5.60 Å². The van der Waals surface area contributed by atoms with Crippen molar-refractivity contribution in [3.8, 4) is 0 Å². The molecule has 2 nitrogen and oxygen atoms in total. The average Bonchev–Trinajstić information content (AvgIpc) is 2.56. The molecule has 0 unspecified atom stereocenters. The first kappa shape index (κ1) is 10.7. The third-order valence-corrected chi connectivity index (χ3v) is 3.32. The minimum absolute atomic E-state index is 0.248. The summed E-state index contributed by atoms with van der Waals surface area (Å²) in [4.78, 5) is 0. The van der Waals surface area contributed by atoms with Crippen molar-refractivity contribution < 1.29 is 5.11 Å². The van der Waals surface area contributed by atoms with Crippen LogP contribution in [0, 0.1) is 0 Å². The Balaban J connectivity index is 1.89. The van der Waals surface area contributed by atoms with Crippen LogP contribution in [0.3, 0.4) is 0 Å². The van der Waals surface area contributed by atoms with Crippen LogP contribution in [0.1, 0.15) is 31.7 Å². The Morgan fingerprint density at radius 1 is 1.40 bits per heavy atom. The lowest BCUT2D eigenvalue weighted by atomic mass is 10.0. The minimum atomic E-state index is -0.519. The zero-order valence-electron chi connectivity index (χ0n) is 9.24. The molecule has 1 aliphatic rings. The lowest BCUT2D eigenvalue weighted by Crippen LogP contribution is -2.44. The molecule has 2 heteroatoms. The highest BCUT2D eigenvalue weighted by Crippen LogP contribution is 2.29. The summed E-state index contributed by atoms with van der Waals surface area (Å²) in [6.07, 6.45) is 3.12. The van der Waals surface area contributed by atoms with Crippen LogP contribution in [-0.2, 0) is 6.54 Å². The molecule has 0 bridgehead atoms. The molecule has 0 amide bonds. The van der Waals surface area contributed by atoms with Crippen molar-refractivity contribution in [1.82, 2.24) is 5.32 Å². The summed E-state index contributed by atoms with van der Waals surface area (Å²) in [7, 11) is 0. The Bertz CT molecular complexity index is 308. The predicted octanol–water partition coefficient (Wildman–Crippen LogP) is 2.08. The van der Waals surface area contributed by atoms with E-state index in [0.717, 1.165) is 25.8 Å². The van der Waals surface area contributed by atoms with Crippen molar-refractivity contribution >= 4 is 0 Å². The van der Waals surface area contributed by atoms with Gasteiger partial charge < -0.3 is 10.4 Å². The Kier molecular flexibility index (Phi) is 3.08. The van der Waals surface area contributed by atoms with Gasteiger partial charge in [-0.3, -0.25) is 0 Å². The quantitative estimate of drug-likeness (QED) is 0.792. The van der Waals surface area contributed by atoms with E-state index < -0.39 is 5.60 Å². The summed E-state index contributed by atoms with van der Waals surface area (Å²) in [6.45, 7) is 2.78. The average molecular weight is 205 g/mol. The van der Waals surface area contributed by atoms with E-state index in [1.165, 1.54) is 5.56 Å². The molecule has 1 fully saturated rings. The maximum Gasteiger partial charge on any atom is 0.0772 e. The van der Waals surface area contributed by atoms with Gasteiger partial charge in [-0.25, -0.2) is 0 Å². The van der Waals surface area contributed by atoms with Gasteiger partial charge in [-0.1, -0.05) is 30.3 Å². The van der Waals surface area contributed by atoms with Crippen molar-refractivity contribution in [1.29, 1.82) is 0 Å². The number of nitrogens with one attached hydrogen (secondary N) is 1. The Morgan fingerprint density at radius 2 is 2.13 bits per heavy atom. The van der Waals surface area contributed by atoms with Crippen molar-refractivity contribution in [2.24, 2.45) is 0 Å². The molecule has 15 heavy (non-hydrogen) atoms. The summed E-state index contributed by atoms with van der Waals surface area (Å²) in [6, 6.07) is 10.6. The number of benzene rings is 1. The fraction of sp³-hybridized carbons (Fsp3) is 0.538. The van der Waals surface area contributed by atoms with Gasteiger partial charge >= 0.3 is 0 Å². The first-order valence-electron chi connectivity index (χ1n) is 5.68. The molecular formula is C13H19NO. The largest absolute Gasteiger partial charge is 0.389 e.